The molecule has 2 saturated heterocycles. The fourth-order valence-corrected chi connectivity index (χ4v) is 4.86. The maximum Gasteiger partial charge on any atom is 0.247 e. The molecule has 0 unspecified atom stereocenters. The van der Waals surface area contributed by atoms with Crippen molar-refractivity contribution >= 4 is 28.9 Å². The van der Waals surface area contributed by atoms with Crippen molar-refractivity contribution in [3.63, 3.8) is 0 Å². The number of amides is 1. The standard InChI is InChI=1S/C30H32N8O2/c1-3-28(39)32-23-17-24(26(40-2)18-25(23)37-15-8-16-37)33-30-31-12-11-27(34-30)38-20-22(19-36-13-7-14-36)29(35-38)21-9-5-4-6-10-21/h3-6,9-12,17-18,20H,1,7-8,13-16,19H2,2H3,(H,32,39)(H,31,33,34). The van der Waals surface area contributed by atoms with Crippen molar-refractivity contribution in [1.29, 1.82) is 0 Å². The van der Waals surface area contributed by atoms with Crippen molar-refractivity contribution in [2.75, 3.05) is 48.8 Å². The molecule has 0 saturated carbocycles. The fraction of sp³-hybridized carbons (Fsp3) is 0.267. The number of rotatable bonds is 10. The molecule has 4 aromatic rings. The molecule has 40 heavy (non-hydrogen) atoms. The summed E-state index contributed by atoms with van der Waals surface area (Å²) in [5.41, 5.74) is 5.38. The summed E-state index contributed by atoms with van der Waals surface area (Å²) in [6.45, 7) is 8.49. The van der Waals surface area contributed by atoms with E-state index in [1.807, 2.05) is 41.1 Å². The Morgan fingerprint density at radius 3 is 2.55 bits per heavy atom. The molecule has 6 rings (SSSR count). The topological polar surface area (TPSA) is 100 Å². The van der Waals surface area contributed by atoms with Crippen molar-refractivity contribution in [3.8, 4) is 22.8 Å². The largest absolute Gasteiger partial charge is 0.494 e. The minimum atomic E-state index is -0.280. The van der Waals surface area contributed by atoms with E-state index in [0.29, 0.717) is 28.9 Å². The Morgan fingerprint density at radius 2 is 1.88 bits per heavy atom. The van der Waals surface area contributed by atoms with E-state index in [2.05, 4.69) is 50.3 Å². The van der Waals surface area contributed by atoms with Crippen LogP contribution in [0, 0.1) is 0 Å². The molecule has 2 aromatic heterocycles. The number of benzene rings is 2. The third-order valence-corrected chi connectivity index (χ3v) is 7.26. The van der Waals surface area contributed by atoms with Crippen molar-refractivity contribution in [2.45, 2.75) is 19.4 Å². The van der Waals surface area contributed by atoms with E-state index in [4.69, 9.17) is 14.8 Å². The quantitative estimate of drug-likeness (QED) is 0.283. The van der Waals surface area contributed by atoms with Crippen molar-refractivity contribution < 1.29 is 9.53 Å². The van der Waals surface area contributed by atoms with Crippen LogP contribution < -0.4 is 20.3 Å². The van der Waals surface area contributed by atoms with E-state index in [1.54, 1.807) is 13.3 Å². The molecule has 2 aliphatic rings. The predicted molar refractivity (Wildman–Crippen MR) is 156 cm³/mol. The van der Waals surface area contributed by atoms with Gasteiger partial charge in [-0.2, -0.15) is 10.1 Å². The summed E-state index contributed by atoms with van der Waals surface area (Å²) in [5.74, 6) is 1.36. The van der Waals surface area contributed by atoms with Crippen LogP contribution in [0.4, 0.5) is 23.0 Å². The number of carbonyl (C=O) groups excluding carboxylic acids is 1. The number of carbonyl (C=O) groups is 1. The van der Waals surface area contributed by atoms with E-state index < -0.39 is 0 Å². The van der Waals surface area contributed by atoms with Crippen LogP contribution in [0.15, 0.2) is 73.6 Å². The zero-order valence-electron chi connectivity index (χ0n) is 22.5. The van der Waals surface area contributed by atoms with Gasteiger partial charge >= 0.3 is 0 Å². The summed E-state index contributed by atoms with van der Waals surface area (Å²) < 4.78 is 7.51. The number of hydrogen-bond donors (Lipinski definition) is 2. The second kappa shape index (κ2) is 11.2. The number of nitrogens with zero attached hydrogens (tertiary/aromatic N) is 6. The number of methoxy groups -OCH3 is 1. The van der Waals surface area contributed by atoms with Crippen molar-refractivity contribution in [2.24, 2.45) is 0 Å². The van der Waals surface area contributed by atoms with Gasteiger partial charge in [-0.3, -0.25) is 9.69 Å². The highest BCUT2D eigenvalue weighted by molar-refractivity contribution is 6.02. The summed E-state index contributed by atoms with van der Waals surface area (Å²) in [6.07, 6.45) is 7.35. The van der Waals surface area contributed by atoms with Crippen LogP contribution in [0.2, 0.25) is 0 Å². The number of ether oxygens (including phenoxy) is 1. The maximum atomic E-state index is 12.2. The predicted octanol–water partition coefficient (Wildman–Crippen LogP) is 4.62. The van der Waals surface area contributed by atoms with E-state index in [0.717, 1.165) is 61.7 Å². The molecule has 0 atom stereocenters. The Morgan fingerprint density at radius 1 is 1.07 bits per heavy atom. The molecule has 1 amide bonds. The van der Waals surface area contributed by atoms with Crippen LogP contribution in [-0.4, -0.2) is 63.8 Å². The van der Waals surface area contributed by atoms with Gasteiger partial charge in [0, 0.05) is 55.3 Å². The lowest BCUT2D eigenvalue weighted by molar-refractivity contribution is -0.111. The van der Waals surface area contributed by atoms with Crippen molar-refractivity contribution in [1.82, 2.24) is 24.6 Å². The fourth-order valence-electron chi connectivity index (χ4n) is 4.86. The van der Waals surface area contributed by atoms with Crippen LogP contribution in [0.5, 0.6) is 5.75 Å². The second-order valence-electron chi connectivity index (χ2n) is 9.91. The lowest BCUT2D eigenvalue weighted by Crippen LogP contribution is -2.37. The van der Waals surface area contributed by atoms with E-state index in [9.17, 15) is 4.79 Å². The molecule has 10 heteroatoms. The molecule has 2 N–H and O–H groups in total. The molecule has 204 valence electrons. The van der Waals surface area contributed by atoms with Crippen LogP contribution in [-0.2, 0) is 11.3 Å². The molecule has 4 heterocycles. The van der Waals surface area contributed by atoms with Gasteiger partial charge in [0.05, 0.1) is 29.9 Å². The van der Waals surface area contributed by atoms with Crippen LogP contribution in [0.25, 0.3) is 17.1 Å². The van der Waals surface area contributed by atoms with Gasteiger partial charge in [-0.25, -0.2) is 9.67 Å². The number of nitrogens with one attached hydrogen (secondary N) is 2. The van der Waals surface area contributed by atoms with Gasteiger partial charge in [0.1, 0.15) is 5.75 Å². The average Bonchev–Trinajstić information content (AvgIpc) is 3.35. The highest BCUT2D eigenvalue weighted by Gasteiger charge is 2.23. The molecule has 0 aliphatic carbocycles. The average molecular weight is 537 g/mol. The molecule has 2 aromatic carbocycles. The van der Waals surface area contributed by atoms with Gasteiger partial charge in [0.25, 0.3) is 0 Å². The van der Waals surface area contributed by atoms with Gasteiger partial charge in [-0.15, -0.1) is 0 Å². The van der Waals surface area contributed by atoms with Gasteiger partial charge in [0.15, 0.2) is 5.82 Å². The Hall–Kier alpha value is -4.70. The number of likely N-dealkylation sites (tertiary alicyclic amines) is 1. The Kier molecular flexibility index (Phi) is 7.15. The minimum absolute atomic E-state index is 0.280. The Bertz CT molecular complexity index is 1530. The Balaban J connectivity index is 1.32. The lowest BCUT2D eigenvalue weighted by Gasteiger charge is -2.35. The first-order valence-corrected chi connectivity index (χ1v) is 13.5. The van der Waals surface area contributed by atoms with E-state index >= 15 is 0 Å². The zero-order valence-corrected chi connectivity index (χ0v) is 22.5. The highest BCUT2D eigenvalue weighted by Crippen LogP contribution is 2.39. The lowest BCUT2D eigenvalue weighted by atomic mass is 10.1. The third kappa shape index (κ3) is 5.26. The van der Waals surface area contributed by atoms with Gasteiger partial charge in [-0.1, -0.05) is 36.9 Å². The SMILES string of the molecule is C=CC(=O)Nc1cc(Nc2nccc(-n3cc(CN4CCC4)c(-c4ccccc4)n3)n2)c(OC)cc1N1CCC1. The second-order valence-corrected chi connectivity index (χ2v) is 9.91. The van der Waals surface area contributed by atoms with Crippen molar-refractivity contribution in [3.05, 3.63) is 79.1 Å². The molecule has 2 fully saturated rings. The summed E-state index contributed by atoms with van der Waals surface area (Å²) in [7, 11) is 1.62. The molecule has 0 bridgehead atoms. The van der Waals surface area contributed by atoms with Gasteiger partial charge < -0.3 is 20.3 Å². The zero-order chi connectivity index (χ0) is 27.5. The number of hydrogen-bond acceptors (Lipinski definition) is 8. The smallest absolute Gasteiger partial charge is 0.247 e. The van der Waals surface area contributed by atoms with Gasteiger partial charge in [-0.05, 0) is 38.1 Å². The summed E-state index contributed by atoms with van der Waals surface area (Å²) >= 11 is 0. The molecular weight excluding hydrogens is 504 g/mol. The number of anilines is 4. The van der Waals surface area contributed by atoms with Crippen LogP contribution >= 0.6 is 0 Å². The normalized spacial score (nSPS) is 14.7. The summed E-state index contributed by atoms with van der Waals surface area (Å²) in [5, 5.41) is 11.1. The monoisotopic (exact) mass is 536 g/mol. The maximum absolute atomic E-state index is 12.2. The van der Waals surface area contributed by atoms with E-state index in [1.165, 1.54) is 12.5 Å². The third-order valence-electron chi connectivity index (χ3n) is 7.26. The minimum Gasteiger partial charge on any atom is -0.494 e. The summed E-state index contributed by atoms with van der Waals surface area (Å²) in [4.78, 5) is 26.0. The molecule has 0 spiro atoms. The molecular formula is C30H32N8O2. The van der Waals surface area contributed by atoms with Crippen LogP contribution in [0.3, 0.4) is 0 Å². The first-order valence-electron chi connectivity index (χ1n) is 13.5. The highest BCUT2D eigenvalue weighted by atomic mass is 16.5. The molecule has 0 radical (unpaired) electrons. The number of aromatic nitrogens is 4. The first kappa shape index (κ1) is 25.6. The molecule has 10 nitrogen and oxygen atoms in total. The first-order chi connectivity index (χ1) is 19.6. The molecule has 2 aliphatic heterocycles. The summed E-state index contributed by atoms with van der Waals surface area (Å²) in [6, 6.07) is 15.8. The van der Waals surface area contributed by atoms with Crippen LogP contribution in [0.1, 0.15) is 18.4 Å². The van der Waals surface area contributed by atoms with E-state index in [-0.39, 0.29) is 5.91 Å². The van der Waals surface area contributed by atoms with Gasteiger partial charge in [0.2, 0.25) is 11.9 Å². The Labute approximate surface area is 233 Å².